The van der Waals surface area contributed by atoms with E-state index in [-0.39, 0.29) is 21.8 Å². The van der Waals surface area contributed by atoms with Gasteiger partial charge in [0.15, 0.2) is 0 Å². The Morgan fingerprint density at radius 2 is 1.87 bits per heavy atom. The highest BCUT2D eigenvalue weighted by atomic mass is 35.5. The van der Waals surface area contributed by atoms with Crippen molar-refractivity contribution in [1.29, 1.82) is 0 Å². The summed E-state index contributed by atoms with van der Waals surface area (Å²) in [5.41, 5.74) is 1.96. The Labute approximate surface area is 145 Å². The zero-order chi connectivity index (χ0) is 16.2. The molecule has 1 amide bonds. The van der Waals surface area contributed by atoms with E-state index < -0.39 is 0 Å². The highest BCUT2D eigenvalue weighted by Gasteiger charge is 2.15. The van der Waals surface area contributed by atoms with Gasteiger partial charge in [0.1, 0.15) is 10.8 Å². The maximum atomic E-state index is 12.3. The Balaban J connectivity index is 1.77. The van der Waals surface area contributed by atoms with Crippen molar-refractivity contribution in [2.45, 2.75) is 19.3 Å². The molecule has 0 aliphatic carbocycles. The van der Waals surface area contributed by atoms with Gasteiger partial charge in [-0.05, 0) is 49.6 Å². The summed E-state index contributed by atoms with van der Waals surface area (Å²) in [6.07, 6.45) is 3.70. The Hall–Kier alpha value is -1.78. The van der Waals surface area contributed by atoms with Gasteiger partial charge in [0.2, 0.25) is 0 Å². The number of amides is 1. The van der Waals surface area contributed by atoms with Crippen molar-refractivity contribution < 1.29 is 4.79 Å². The number of halogens is 2. The Morgan fingerprint density at radius 1 is 1.09 bits per heavy atom. The lowest BCUT2D eigenvalue weighted by molar-refractivity contribution is 0.102. The van der Waals surface area contributed by atoms with Gasteiger partial charge in [0.05, 0.1) is 5.02 Å². The maximum absolute atomic E-state index is 12.3. The number of carbonyl (C=O) groups excluding carboxylic acids is 1. The fourth-order valence-corrected chi connectivity index (χ4v) is 3.04. The number of piperidine rings is 1. The molecule has 1 fully saturated rings. The monoisotopic (exact) mass is 349 g/mol. The normalized spacial score (nSPS) is 14.6. The lowest BCUT2D eigenvalue weighted by Gasteiger charge is -2.29. The Morgan fingerprint density at radius 3 is 2.65 bits per heavy atom. The zero-order valence-electron chi connectivity index (χ0n) is 12.6. The van der Waals surface area contributed by atoms with E-state index in [0.29, 0.717) is 0 Å². The third kappa shape index (κ3) is 3.95. The first-order valence-electron chi connectivity index (χ1n) is 7.62. The largest absolute Gasteiger partial charge is 0.371 e. The third-order valence-corrected chi connectivity index (χ3v) is 4.37. The lowest BCUT2D eigenvalue weighted by atomic mass is 10.1. The van der Waals surface area contributed by atoms with Crippen LogP contribution in [0.25, 0.3) is 0 Å². The molecule has 120 valence electrons. The predicted octanol–water partition coefficient (Wildman–Crippen LogP) is 4.63. The van der Waals surface area contributed by atoms with Crippen LogP contribution in [-0.2, 0) is 0 Å². The van der Waals surface area contributed by atoms with E-state index >= 15 is 0 Å². The van der Waals surface area contributed by atoms with Crippen LogP contribution in [-0.4, -0.2) is 24.0 Å². The summed E-state index contributed by atoms with van der Waals surface area (Å²) in [7, 11) is 0. The average Bonchev–Trinajstić information content (AvgIpc) is 2.58. The summed E-state index contributed by atoms with van der Waals surface area (Å²) < 4.78 is 0. The number of pyridine rings is 1. The highest BCUT2D eigenvalue weighted by molar-refractivity contribution is 6.35. The molecule has 23 heavy (non-hydrogen) atoms. The Bertz CT molecular complexity index is 715. The van der Waals surface area contributed by atoms with E-state index in [1.807, 2.05) is 18.2 Å². The van der Waals surface area contributed by atoms with Gasteiger partial charge in [-0.3, -0.25) is 4.79 Å². The van der Waals surface area contributed by atoms with Crippen LogP contribution in [0.5, 0.6) is 0 Å². The van der Waals surface area contributed by atoms with Crippen molar-refractivity contribution >= 4 is 40.5 Å². The van der Waals surface area contributed by atoms with E-state index in [0.717, 1.165) is 24.5 Å². The smallest absolute Gasteiger partial charge is 0.275 e. The van der Waals surface area contributed by atoms with Crippen LogP contribution < -0.4 is 10.2 Å². The summed E-state index contributed by atoms with van der Waals surface area (Å²) >= 11 is 11.9. The van der Waals surface area contributed by atoms with Crippen LogP contribution in [0.15, 0.2) is 36.4 Å². The summed E-state index contributed by atoms with van der Waals surface area (Å²) in [5.74, 6) is -0.367. The quantitative estimate of drug-likeness (QED) is 0.821. The fraction of sp³-hybridized carbons (Fsp3) is 0.294. The van der Waals surface area contributed by atoms with Crippen molar-refractivity contribution in [3.05, 3.63) is 52.3 Å². The van der Waals surface area contributed by atoms with Crippen molar-refractivity contribution in [3.63, 3.8) is 0 Å². The maximum Gasteiger partial charge on any atom is 0.275 e. The van der Waals surface area contributed by atoms with Crippen molar-refractivity contribution in [1.82, 2.24) is 4.98 Å². The number of nitrogens with one attached hydrogen (secondary N) is 1. The number of rotatable bonds is 3. The molecule has 0 radical (unpaired) electrons. The van der Waals surface area contributed by atoms with Gasteiger partial charge in [0.25, 0.3) is 5.91 Å². The first-order valence-corrected chi connectivity index (χ1v) is 8.37. The summed E-state index contributed by atoms with van der Waals surface area (Å²) in [6, 6.07) is 10.9. The Kier molecular flexibility index (Phi) is 5.03. The zero-order valence-corrected chi connectivity index (χ0v) is 14.1. The molecule has 2 aromatic rings. The van der Waals surface area contributed by atoms with E-state index in [4.69, 9.17) is 23.2 Å². The minimum Gasteiger partial charge on any atom is -0.371 e. The molecule has 0 unspecified atom stereocenters. The second kappa shape index (κ2) is 7.20. The molecule has 1 saturated heterocycles. The SMILES string of the molecule is O=C(Nc1cccc(N2CCCCC2)c1)c1nc(Cl)ccc1Cl. The van der Waals surface area contributed by atoms with Gasteiger partial charge in [-0.2, -0.15) is 0 Å². The van der Waals surface area contributed by atoms with E-state index in [2.05, 4.69) is 21.3 Å². The van der Waals surface area contributed by atoms with Crippen molar-refractivity contribution in [2.24, 2.45) is 0 Å². The number of nitrogens with zero attached hydrogens (tertiary/aromatic N) is 2. The molecule has 3 rings (SSSR count). The van der Waals surface area contributed by atoms with Gasteiger partial charge in [-0.25, -0.2) is 4.98 Å². The molecule has 2 heterocycles. The van der Waals surface area contributed by atoms with Crippen LogP contribution in [0.4, 0.5) is 11.4 Å². The molecule has 1 aliphatic rings. The summed E-state index contributed by atoms with van der Waals surface area (Å²) in [6.45, 7) is 2.11. The minimum atomic E-state index is -0.367. The lowest BCUT2D eigenvalue weighted by Crippen LogP contribution is -2.29. The topological polar surface area (TPSA) is 45.2 Å². The first-order chi connectivity index (χ1) is 11.1. The van der Waals surface area contributed by atoms with Crippen LogP contribution >= 0.6 is 23.2 Å². The molecule has 1 aromatic carbocycles. The highest BCUT2D eigenvalue weighted by Crippen LogP contribution is 2.24. The number of anilines is 2. The van der Waals surface area contributed by atoms with Gasteiger partial charge in [-0.15, -0.1) is 0 Å². The standard InChI is InChI=1S/C17H17Cl2N3O/c18-14-7-8-15(19)21-16(14)17(23)20-12-5-4-6-13(11-12)22-9-2-1-3-10-22/h4-8,11H,1-3,9-10H2,(H,20,23). The molecular weight excluding hydrogens is 333 g/mol. The number of aromatic nitrogens is 1. The molecule has 1 N–H and O–H groups in total. The van der Waals surface area contributed by atoms with E-state index in [9.17, 15) is 4.79 Å². The van der Waals surface area contributed by atoms with Crippen molar-refractivity contribution in [2.75, 3.05) is 23.3 Å². The molecule has 1 aromatic heterocycles. The molecule has 1 aliphatic heterocycles. The third-order valence-electron chi connectivity index (χ3n) is 3.85. The second-order valence-corrected chi connectivity index (χ2v) is 6.31. The fourth-order valence-electron chi connectivity index (χ4n) is 2.70. The van der Waals surface area contributed by atoms with E-state index in [1.54, 1.807) is 12.1 Å². The summed E-state index contributed by atoms with van der Waals surface area (Å²) in [4.78, 5) is 18.7. The summed E-state index contributed by atoms with van der Waals surface area (Å²) in [5, 5.41) is 3.35. The number of carbonyl (C=O) groups is 1. The van der Waals surface area contributed by atoms with Gasteiger partial charge in [0, 0.05) is 24.5 Å². The van der Waals surface area contributed by atoms with Crippen LogP contribution in [0.1, 0.15) is 29.8 Å². The minimum absolute atomic E-state index is 0.127. The van der Waals surface area contributed by atoms with Crippen LogP contribution in [0.3, 0.4) is 0 Å². The number of hydrogen-bond acceptors (Lipinski definition) is 3. The second-order valence-electron chi connectivity index (χ2n) is 5.52. The first kappa shape index (κ1) is 16.1. The molecule has 0 spiro atoms. The van der Waals surface area contributed by atoms with E-state index in [1.165, 1.54) is 19.3 Å². The van der Waals surface area contributed by atoms with Crippen molar-refractivity contribution in [3.8, 4) is 0 Å². The molecule has 4 nitrogen and oxygen atoms in total. The molecule has 0 atom stereocenters. The molecule has 0 saturated carbocycles. The average molecular weight is 350 g/mol. The number of hydrogen-bond donors (Lipinski definition) is 1. The molecular formula is C17H17Cl2N3O. The van der Waals surface area contributed by atoms with Gasteiger partial charge in [-0.1, -0.05) is 29.3 Å². The molecule has 0 bridgehead atoms. The van der Waals surface area contributed by atoms with Gasteiger partial charge >= 0.3 is 0 Å². The van der Waals surface area contributed by atoms with Crippen LogP contribution in [0, 0.1) is 0 Å². The van der Waals surface area contributed by atoms with Gasteiger partial charge < -0.3 is 10.2 Å². The number of benzene rings is 1. The molecule has 6 heteroatoms. The van der Waals surface area contributed by atoms with Crippen LogP contribution in [0.2, 0.25) is 10.2 Å². The predicted molar refractivity (Wildman–Crippen MR) is 94.7 cm³/mol.